The Bertz CT molecular complexity index is 1260. The van der Waals surface area contributed by atoms with Gasteiger partial charge in [-0.1, -0.05) is 15.9 Å². The van der Waals surface area contributed by atoms with Gasteiger partial charge in [-0.2, -0.15) is 5.10 Å². The van der Waals surface area contributed by atoms with Crippen LogP contribution in [0.2, 0.25) is 0 Å². The predicted octanol–water partition coefficient (Wildman–Crippen LogP) is 4.86. The fraction of sp³-hybridized carbons (Fsp3) is 0.0455. The number of esters is 1. The molecule has 12 heteroatoms. The minimum atomic E-state index is -0.625. The Morgan fingerprint density at radius 2 is 1.94 bits per heavy atom. The van der Waals surface area contributed by atoms with Crippen LogP contribution in [0.1, 0.15) is 11.3 Å². The van der Waals surface area contributed by atoms with E-state index in [1.165, 1.54) is 42.8 Å². The zero-order valence-electron chi connectivity index (χ0n) is 17.1. The van der Waals surface area contributed by atoms with Gasteiger partial charge in [0.1, 0.15) is 17.3 Å². The number of benzene rings is 2. The van der Waals surface area contributed by atoms with Crippen molar-refractivity contribution in [3.8, 4) is 11.5 Å². The molecule has 0 saturated carbocycles. The van der Waals surface area contributed by atoms with Crippen molar-refractivity contribution in [2.24, 2.45) is 5.10 Å². The fourth-order valence-electron chi connectivity index (χ4n) is 2.46. The van der Waals surface area contributed by atoms with E-state index in [0.717, 1.165) is 0 Å². The molecule has 2 aromatic carbocycles. The number of nitrogens with one attached hydrogen (secondary N) is 1. The lowest BCUT2D eigenvalue weighted by Gasteiger charge is -2.07. The van der Waals surface area contributed by atoms with Crippen LogP contribution in [-0.4, -0.2) is 29.6 Å². The highest BCUT2D eigenvalue weighted by Crippen LogP contribution is 2.29. The second-order valence-corrected chi connectivity index (χ2v) is 8.18. The highest BCUT2D eigenvalue weighted by molar-refractivity contribution is 9.10. The van der Waals surface area contributed by atoms with Gasteiger partial charge in [0.25, 0.3) is 11.6 Å². The third kappa shape index (κ3) is 7.39. The Morgan fingerprint density at radius 3 is 2.65 bits per heavy atom. The highest BCUT2D eigenvalue weighted by Gasteiger charge is 2.11. The van der Waals surface area contributed by atoms with E-state index in [2.05, 4.69) is 42.4 Å². The molecule has 0 saturated heterocycles. The normalized spacial score (nSPS) is 11.0. The number of nitrogens with zero attached hydrogens (tertiary/aromatic N) is 2. The zero-order valence-corrected chi connectivity index (χ0v) is 20.3. The lowest BCUT2D eigenvalue weighted by molar-refractivity contribution is -0.385. The predicted molar refractivity (Wildman–Crippen MR) is 130 cm³/mol. The minimum Gasteiger partial charge on any atom is -0.483 e. The summed E-state index contributed by atoms with van der Waals surface area (Å²) in [7, 11) is 0. The standard InChI is InChI=1S/C22H15Br2N3O7/c23-15-3-6-19(34-22(29)8-5-17-2-1-9-32-17)14(10-15)12-25-26-21(28)13-33-20-7-4-16(27(30)31)11-18(20)24/h1-12H,13H2,(H,26,28). The highest BCUT2D eigenvalue weighted by atomic mass is 79.9. The SMILES string of the molecule is O=C(COc1ccc([N+](=O)[O-])cc1Br)NN=Cc1cc(Br)ccc1OC(=O)C=Cc1ccco1. The number of carbonyl (C=O) groups excluding carboxylic acids is 2. The molecule has 34 heavy (non-hydrogen) atoms. The van der Waals surface area contributed by atoms with Crippen molar-refractivity contribution >= 4 is 61.7 Å². The number of furan rings is 1. The van der Waals surface area contributed by atoms with E-state index in [1.807, 2.05) is 0 Å². The van der Waals surface area contributed by atoms with Crippen molar-refractivity contribution in [1.29, 1.82) is 0 Å². The maximum absolute atomic E-state index is 12.1. The van der Waals surface area contributed by atoms with Gasteiger partial charge in [0, 0.05) is 28.2 Å². The number of non-ortho nitro benzene ring substituents is 1. The molecule has 1 amide bonds. The van der Waals surface area contributed by atoms with Crippen LogP contribution >= 0.6 is 31.9 Å². The van der Waals surface area contributed by atoms with E-state index in [9.17, 15) is 19.7 Å². The number of nitro benzene ring substituents is 1. The van der Waals surface area contributed by atoms with Gasteiger partial charge in [0.05, 0.1) is 21.9 Å². The number of nitro groups is 1. The van der Waals surface area contributed by atoms with Crippen molar-refractivity contribution in [1.82, 2.24) is 5.43 Å². The molecule has 0 aliphatic heterocycles. The van der Waals surface area contributed by atoms with Gasteiger partial charge in [0.2, 0.25) is 0 Å². The van der Waals surface area contributed by atoms with Crippen LogP contribution in [0.15, 0.2) is 79.3 Å². The molecule has 0 atom stereocenters. The lowest BCUT2D eigenvalue weighted by Crippen LogP contribution is -2.24. The van der Waals surface area contributed by atoms with Gasteiger partial charge < -0.3 is 13.9 Å². The molecular formula is C22H15Br2N3O7. The first-order valence-electron chi connectivity index (χ1n) is 9.43. The van der Waals surface area contributed by atoms with E-state index in [-0.39, 0.29) is 23.8 Å². The molecule has 3 rings (SSSR count). The van der Waals surface area contributed by atoms with Crippen molar-refractivity contribution in [3.05, 3.63) is 91.3 Å². The molecule has 3 aromatic rings. The fourth-order valence-corrected chi connectivity index (χ4v) is 3.32. The summed E-state index contributed by atoms with van der Waals surface area (Å²) in [5.41, 5.74) is 2.60. The van der Waals surface area contributed by atoms with Gasteiger partial charge in [-0.15, -0.1) is 0 Å². The van der Waals surface area contributed by atoms with Gasteiger partial charge in [0.15, 0.2) is 6.61 Å². The van der Waals surface area contributed by atoms with E-state index in [1.54, 1.807) is 30.3 Å². The summed E-state index contributed by atoms with van der Waals surface area (Å²) < 4.78 is 16.8. The smallest absolute Gasteiger partial charge is 0.336 e. The van der Waals surface area contributed by atoms with Crippen LogP contribution < -0.4 is 14.9 Å². The number of hydrazone groups is 1. The molecule has 0 unspecified atom stereocenters. The van der Waals surface area contributed by atoms with Crippen LogP contribution in [0.4, 0.5) is 5.69 Å². The third-order valence-corrected chi connectivity index (χ3v) is 5.10. The van der Waals surface area contributed by atoms with Gasteiger partial charge in [-0.25, -0.2) is 10.2 Å². The number of hydrogen-bond donors (Lipinski definition) is 1. The molecule has 0 aliphatic rings. The summed E-state index contributed by atoms with van der Waals surface area (Å²) in [4.78, 5) is 34.4. The summed E-state index contributed by atoms with van der Waals surface area (Å²) >= 11 is 6.49. The molecule has 0 bridgehead atoms. The molecule has 174 valence electrons. The van der Waals surface area contributed by atoms with Crippen molar-refractivity contribution in [3.63, 3.8) is 0 Å². The second kappa shape index (κ2) is 11.9. The Hall–Kier alpha value is -3.77. The maximum atomic E-state index is 12.1. The second-order valence-electron chi connectivity index (χ2n) is 6.41. The van der Waals surface area contributed by atoms with Crippen LogP contribution in [0.5, 0.6) is 11.5 Å². The molecule has 10 nitrogen and oxygen atoms in total. The van der Waals surface area contributed by atoms with E-state index < -0.39 is 16.8 Å². The maximum Gasteiger partial charge on any atom is 0.336 e. The van der Waals surface area contributed by atoms with Crippen LogP contribution in [0.3, 0.4) is 0 Å². The molecule has 0 spiro atoms. The van der Waals surface area contributed by atoms with Crippen molar-refractivity contribution < 1.29 is 28.4 Å². The van der Waals surface area contributed by atoms with E-state index in [0.29, 0.717) is 20.3 Å². The van der Waals surface area contributed by atoms with Crippen molar-refractivity contribution in [2.75, 3.05) is 6.61 Å². The largest absolute Gasteiger partial charge is 0.483 e. The topological polar surface area (TPSA) is 133 Å². The molecule has 0 fully saturated rings. The van der Waals surface area contributed by atoms with E-state index in [4.69, 9.17) is 13.9 Å². The average Bonchev–Trinajstić information content (AvgIpc) is 3.32. The molecule has 1 heterocycles. The number of carbonyl (C=O) groups is 2. The summed E-state index contributed by atoms with van der Waals surface area (Å²) in [6.45, 7) is -0.383. The number of rotatable bonds is 9. The Labute approximate surface area is 209 Å². The van der Waals surface area contributed by atoms with Gasteiger partial charge in [-0.3, -0.25) is 14.9 Å². The van der Waals surface area contributed by atoms with Gasteiger partial charge in [-0.05, 0) is 58.4 Å². The van der Waals surface area contributed by atoms with Crippen LogP contribution in [0.25, 0.3) is 6.08 Å². The van der Waals surface area contributed by atoms with Crippen molar-refractivity contribution in [2.45, 2.75) is 0 Å². The average molecular weight is 593 g/mol. The summed E-state index contributed by atoms with van der Waals surface area (Å²) in [5, 5.41) is 14.6. The first-order chi connectivity index (χ1) is 16.3. The van der Waals surface area contributed by atoms with Crippen LogP contribution in [-0.2, 0) is 9.59 Å². The monoisotopic (exact) mass is 591 g/mol. The first kappa shape index (κ1) is 24.9. The zero-order chi connectivity index (χ0) is 24.5. The number of ether oxygens (including phenoxy) is 2. The van der Waals surface area contributed by atoms with E-state index >= 15 is 0 Å². The molecule has 0 aliphatic carbocycles. The number of halogens is 2. The summed E-state index contributed by atoms with van der Waals surface area (Å²) in [5.74, 6) is -0.217. The lowest BCUT2D eigenvalue weighted by atomic mass is 10.2. The quantitative estimate of drug-likeness (QED) is 0.0936. The number of amides is 1. The number of hydrogen-bond acceptors (Lipinski definition) is 8. The molecular weight excluding hydrogens is 578 g/mol. The molecule has 0 radical (unpaired) electrons. The Morgan fingerprint density at radius 1 is 1.15 bits per heavy atom. The van der Waals surface area contributed by atoms with Gasteiger partial charge >= 0.3 is 5.97 Å². The first-order valence-corrected chi connectivity index (χ1v) is 11.0. The Kier molecular flexibility index (Phi) is 8.71. The molecule has 1 aromatic heterocycles. The summed E-state index contributed by atoms with van der Waals surface area (Å²) in [6.07, 6.45) is 5.48. The van der Waals surface area contributed by atoms with Crippen LogP contribution in [0, 0.1) is 10.1 Å². The minimum absolute atomic E-state index is 0.116. The summed E-state index contributed by atoms with van der Waals surface area (Å²) in [6, 6.07) is 12.2. The third-order valence-electron chi connectivity index (χ3n) is 3.99. The Balaban J connectivity index is 1.57. The molecule has 1 N–H and O–H groups in total.